The van der Waals surface area contributed by atoms with E-state index in [2.05, 4.69) is 30.2 Å². The molecule has 0 spiro atoms. The minimum Gasteiger partial charge on any atom is -0.367 e. The molecule has 3 atom stereocenters. The monoisotopic (exact) mass is 215 g/mol. The predicted molar refractivity (Wildman–Crippen MR) is 63.9 cm³/mol. The Kier molecular flexibility index (Phi) is 3.09. The molecule has 0 aliphatic heterocycles. The molecule has 1 heterocycles. The Morgan fingerprint density at radius 2 is 2.25 bits per heavy atom. The summed E-state index contributed by atoms with van der Waals surface area (Å²) in [5.74, 6) is 2.27. The number of pyridine rings is 1. The van der Waals surface area contributed by atoms with Crippen LogP contribution in [0.5, 0.6) is 0 Å². The van der Waals surface area contributed by atoms with Gasteiger partial charge in [0.25, 0.3) is 0 Å². The van der Waals surface area contributed by atoms with Crippen LogP contribution in [0.25, 0.3) is 0 Å². The molecule has 1 saturated carbocycles. The maximum absolute atomic E-state index is 8.81. The molecule has 16 heavy (non-hydrogen) atoms. The van der Waals surface area contributed by atoms with Crippen LogP contribution in [0.1, 0.15) is 32.3 Å². The van der Waals surface area contributed by atoms with Crippen LogP contribution in [-0.4, -0.2) is 11.0 Å². The fourth-order valence-electron chi connectivity index (χ4n) is 2.34. The molecule has 84 valence electrons. The van der Waals surface area contributed by atoms with Gasteiger partial charge in [0.05, 0.1) is 11.6 Å². The summed E-state index contributed by atoms with van der Waals surface area (Å²) in [6.07, 6.45) is 4.15. The Bertz CT molecular complexity index is 408. The van der Waals surface area contributed by atoms with Crippen molar-refractivity contribution in [2.24, 2.45) is 11.8 Å². The van der Waals surface area contributed by atoms with E-state index in [0.717, 1.165) is 11.7 Å². The van der Waals surface area contributed by atoms with Crippen LogP contribution in [0.2, 0.25) is 0 Å². The third-order valence-corrected chi connectivity index (χ3v) is 3.69. The van der Waals surface area contributed by atoms with Crippen LogP contribution in [0, 0.1) is 23.2 Å². The van der Waals surface area contributed by atoms with Crippen molar-refractivity contribution in [2.75, 3.05) is 5.32 Å². The zero-order valence-electron chi connectivity index (χ0n) is 9.77. The average Bonchev–Trinajstić information content (AvgIpc) is 2.61. The second-order valence-corrected chi connectivity index (χ2v) is 4.71. The second-order valence-electron chi connectivity index (χ2n) is 4.71. The van der Waals surface area contributed by atoms with Crippen molar-refractivity contribution in [3.05, 3.63) is 23.9 Å². The molecule has 1 fully saturated rings. The van der Waals surface area contributed by atoms with E-state index < -0.39 is 0 Å². The summed E-state index contributed by atoms with van der Waals surface area (Å²) in [4.78, 5) is 4.25. The second kappa shape index (κ2) is 4.52. The van der Waals surface area contributed by atoms with Crippen LogP contribution in [0.3, 0.4) is 0 Å². The van der Waals surface area contributed by atoms with Crippen LogP contribution >= 0.6 is 0 Å². The van der Waals surface area contributed by atoms with Crippen LogP contribution in [0.15, 0.2) is 18.3 Å². The SMILES string of the molecule is CC1CCC(Nc2cc(C#N)ccn2)C1C. The van der Waals surface area contributed by atoms with Gasteiger partial charge in [-0.2, -0.15) is 5.26 Å². The van der Waals surface area contributed by atoms with Gasteiger partial charge < -0.3 is 5.32 Å². The molecule has 2 rings (SSSR count). The zero-order chi connectivity index (χ0) is 11.5. The molecule has 3 nitrogen and oxygen atoms in total. The van der Waals surface area contributed by atoms with Gasteiger partial charge in [-0.15, -0.1) is 0 Å². The third-order valence-electron chi connectivity index (χ3n) is 3.69. The summed E-state index contributed by atoms with van der Waals surface area (Å²) in [5, 5.41) is 12.2. The van der Waals surface area contributed by atoms with Crippen LogP contribution < -0.4 is 5.32 Å². The van der Waals surface area contributed by atoms with E-state index in [1.165, 1.54) is 12.8 Å². The highest BCUT2D eigenvalue weighted by atomic mass is 15.0. The zero-order valence-corrected chi connectivity index (χ0v) is 9.77. The molecular formula is C13H17N3. The lowest BCUT2D eigenvalue weighted by atomic mass is 9.98. The fourth-order valence-corrected chi connectivity index (χ4v) is 2.34. The Labute approximate surface area is 96.5 Å². The molecule has 0 saturated heterocycles. The predicted octanol–water partition coefficient (Wildman–Crippen LogP) is 2.80. The molecule has 0 bridgehead atoms. The van der Waals surface area contributed by atoms with Gasteiger partial charge in [0.2, 0.25) is 0 Å². The first-order valence-corrected chi connectivity index (χ1v) is 5.83. The Balaban J connectivity index is 2.07. The van der Waals surface area contributed by atoms with E-state index in [1.807, 2.05) is 6.07 Å². The van der Waals surface area contributed by atoms with Crippen molar-refractivity contribution in [1.82, 2.24) is 4.98 Å². The van der Waals surface area contributed by atoms with E-state index in [0.29, 0.717) is 17.5 Å². The van der Waals surface area contributed by atoms with Gasteiger partial charge in [0, 0.05) is 12.2 Å². The van der Waals surface area contributed by atoms with Crippen molar-refractivity contribution >= 4 is 5.82 Å². The van der Waals surface area contributed by atoms with Crippen molar-refractivity contribution in [2.45, 2.75) is 32.7 Å². The summed E-state index contributed by atoms with van der Waals surface area (Å²) >= 11 is 0. The number of nitriles is 1. The van der Waals surface area contributed by atoms with Crippen LogP contribution in [0.4, 0.5) is 5.82 Å². The Hall–Kier alpha value is -1.56. The number of hydrogen-bond donors (Lipinski definition) is 1. The van der Waals surface area contributed by atoms with Gasteiger partial charge in [-0.1, -0.05) is 13.8 Å². The third kappa shape index (κ3) is 2.16. The standard InChI is InChI=1S/C13H17N3/c1-9-3-4-12(10(9)2)16-13-7-11(8-14)5-6-15-13/h5-7,9-10,12H,3-4H2,1-2H3,(H,15,16). The topological polar surface area (TPSA) is 48.7 Å². The first-order valence-electron chi connectivity index (χ1n) is 5.83. The molecule has 0 amide bonds. The number of hydrogen-bond acceptors (Lipinski definition) is 3. The van der Waals surface area contributed by atoms with Crippen molar-refractivity contribution in [3.63, 3.8) is 0 Å². The highest BCUT2D eigenvalue weighted by Gasteiger charge is 2.29. The lowest BCUT2D eigenvalue weighted by molar-refractivity contribution is 0.435. The highest BCUT2D eigenvalue weighted by Crippen LogP contribution is 2.32. The minimum absolute atomic E-state index is 0.497. The number of rotatable bonds is 2. The largest absolute Gasteiger partial charge is 0.367 e. The number of nitrogens with zero attached hydrogens (tertiary/aromatic N) is 2. The first kappa shape index (κ1) is 10.9. The smallest absolute Gasteiger partial charge is 0.127 e. The molecule has 0 aromatic carbocycles. The first-order chi connectivity index (χ1) is 7.70. The van der Waals surface area contributed by atoms with Crippen molar-refractivity contribution in [1.29, 1.82) is 5.26 Å². The maximum atomic E-state index is 8.81. The molecule has 1 aromatic rings. The van der Waals surface area contributed by atoms with Gasteiger partial charge >= 0.3 is 0 Å². The minimum atomic E-state index is 0.497. The molecular weight excluding hydrogens is 198 g/mol. The number of nitrogens with one attached hydrogen (secondary N) is 1. The molecule has 1 aliphatic carbocycles. The van der Waals surface area contributed by atoms with E-state index in [4.69, 9.17) is 5.26 Å². The van der Waals surface area contributed by atoms with Gasteiger partial charge in [-0.3, -0.25) is 0 Å². The molecule has 1 N–H and O–H groups in total. The highest BCUT2D eigenvalue weighted by molar-refractivity contribution is 5.43. The number of anilines is 1. The van der Waals surface area contributed by atoms with Gasteiger partial charge in [0.15, 0.2) is 0 Å². The molecule has 3 heteroatoms. The summed E-state index contributed by atoms with van der Waals surface area (Å²) in [7, 11) is 0. The quantitative estimate of drug-likeness (QED) is 0.825. The van der Waals surface area contributed by atoms with Crippen LogP contribution in [-0.2, 0) is 0 Å². The van der Waals surface area contributed by atoms with E-state index in [9.17, 15) is 0 Å². The lowest BCUT2D eigenvalue weighted by Crippen LogP contribution is -2.24. The average molecular weight is 215 g/mol. The maximum Gasteiger partial charge on any atom is 0.127 e. The van der Waals surface area contributed by atoms with E-state index in [1.54, 1.807) is 12.3 Å². The van der Waals surface area contributed by atoms with Crippen molar-refractivity contribution in [3.8, 4) is 6.07 Å². The normalized spacial score (nSPS) is 28.7. The summed E-state index contributed by atoms with van der Waals surface area (Å²) in [5.41, 5.74) is 0.663. The Morgan fingerprint density at radius 3 is 2.88 bits per heavy atom. The summed E-state index contributed by atoms with van der Waals surface area (Å²) in [6, 6.07) is 6.17. The lowest BCUT2D eigenvalue weighted by Gasteiger charge is -2.20. The van der Waals surface area contributed by atoms with Gasteiger partial charge in [0.1, 0.15) is 5.82 Å². The van der Waals surface area contributed by atoms with E-state index in [-0.39, 0.29) is 0 Å². The van der Waals surface area contributed by atoms with Gasteiger partial charge in [-0.05, 0) is 36.8 Å². The van der Waals surface area contributed by atoms with E-state index >= 15 is 0 Å². The molecule has 0 radical (unpaired) electrons. The fraction of sp³-hybridized carbons (Fsp3) is 0.538. The molecule has 3 unspecified atom stereocenters. The molecule has 1 aromatic heterocycles. The summed E-state index contributed by atoms with van der Waals surface area (Å²) in [6.45, 7) is 4.58. The number of aromatic nitrogens is 1. The summed E-state index contributed by atoms with van der Waals surface area (Å²) < 4.78 is 0. The Morgan fingerprint density at radius 1 is 1.44 bits per heavy atom. The van der Waals surface area contributed by atoms with Gasteiger partial charge in [-0.25, -0.2) is 4.98 Å². The molecule has 1 aliphatic rings. The van der Waals surface area contributed by atoms with Crippen molar-refractivity contribution < 1.29 is 0 Å².